The van der Waals surface area contributed by atoms with Crippen LogP contribution in [-0.4, -0.2) is 19.2 Å². The third kappa shape index (κ3) is 1.40. The van der Waals surface area contributed by atoms with E-state index in [4.69, 9.17) is 4.74 Å². The zero-order chi connectivity index (χ0) is 10.4. The molecule has 0 bridgehead atoms. The number of benzene rings is 1. The molecule has 0 aliphatic carbocycles. The van der Waals surface area contributed by atoms with Crippen molar-refractivity contribution >= 4 is 0 Å². The highest BCUT2D eigenvalue weighted by atomic mass is 16.5. The topological polar surface area (TPSA) is 21.3 Å². The predicted octanol–water partition coefficient (Wildman–Crippen LogP) is 1.89. The van der Waals surface area contributed by atoms with Gasteiger partial charge in [0.25, 0.3) is 0 Å². The van der Waals surface area contributed by atoms with Gasteiger partial charge in [0, 0.05) is 19.0 Å². The Hall–Kier alpha value is -0.860. The first-order chi connectivity index (χ1) is 7.25. The molecule has 0 amide bonds. The van der Waals surface area contributed by atoms with Crippen LogP contribution >= 0.6 is 0 Å². The van der Waals surface area contributed by atoms with Gasteiger partial charge in [-0.15, -0.1) is 0 Å². The van der Waals surface area contributed by atoms with Gasteiger partial charge in [0.2, 0.25) is 0 Å². The molecule has 0 aromatic heterocycles. The predicted molar refractivity (Wildman–Crippen MR) is 60.1 cm³/mol. The van der Waals surface area contributed by atoms with Crippen LogP contribution in [0.2, 0.25) is 0 Å². The molecule has 0 spiro atoms. The molecule has 1 aromatic carbocycles. The summed E-state index contributed by atoms with van der Waals surface area (Å²) in [6.07, 6.45) is 0.402. The standard InChI is InChI=1S/C13H17NO/c1-8-3-9(2)12-7-15-13-6-14-5-11(13)10(12)4-8/h3-4,11,13-14H,5-7H2,1-2H3/t11-,13-/m0/s1. The monoisotopic (exact) mass is 203 g/mol. The smallest absolute Gasteiger partial charge is 0.0784 e. The summed E-state index contributed by atoms with van der Waals surface area (Å²) in [4.78, 5) is 0. The first-order valence-electron chi connectivity index (χ1n) is 5.68. The Morgan fingerprint density at radius 2 is 2.13 bits per heavy atom. The first-order valence-corrected chi connectivity index (χ1v) is 5.68. The highest BCUT2D eigenvalue weighted by molar-refractivity contribution is 5.42. The molecule has 2 nitrogen and oxygen atoms in total. The number of fused-ring (bicyclic) bond motifs is 3. The van der Waals surface area contributed by atoms with Crippen LogP contribution in [-0.2, 0) is 11.3 Å². The van der Waals surface area contributed by atoms with Crippen molar-refractivity contribution in [2.24, 2.45) is 0 Å². The summed E-state index contributed by atoms with van der Waals surface area (Å²) in [6.45, 7) is 7.25. The molecule has 0 saturated carbocycles. The van der Waals surface area contributed by atoms with E-state index in [1.165, 1.54) is 22.3 Å². The normalized spacial score (nSPS) is 28.7. The Bertz CT molecular complexity index is 400. The lowest BCUT2D eigenvalue weighted by molar-refractivity contribution is 0.0295. The van der Waals surface area contributed by atoms with Crippen LogP contribution in [0, 0.1) is 13.8 Å². The maximum absolute atomic E-state index is 5.89. The van der Waals surface area contributed by atoms with E-state index < -0.39 is 0 Å². The Kier molecular flexibility index (Phi) is 2.08. The van der Waals surface area contributed by atoms with Crippen LogP contribution in [0.4, 0.5) is 0 Å². The van der Waals surface area contributed by atoms with Gasteiger partial charge in [-0.05, 0) is 30.5 Å². The fraction of sp³-hybridized carbons (Fsp3) is 0.538. The van der Waals surface area contributed by atoms with Gasteiger partial charge in [0.15, 0.2) is 0 Å². The summed E-state index contributed by atoms with van der Waals surface area (Å²) in [5.41, 5.74) is 5.70. The molecule has 2 aliphatic heterocycles. The van der Waals surface area contributed by atoms with Crippen molar-refractivity contribution in [2.75, 3.05) is 13.1 Å². The Morgan fingerprint density at radius 3 is 3.00 bits per heavy atom. The second-order valence-electron chi connectivity index (χ2n) is 4.76. The van der Waals surface area contributed by atoms with Gasteiger partial charge < -0.3 is 10.1 Å². The molecule has 2 atom stereocenters. The van der Waals surface area contributed by atoms with Crippen molar-refractivity contribution in [3.63, 3.8) is 0 Å². The Labute approximate surface area is 90.6 Å². The lowest BCUT2D eigenvalue weighted by Gasteiger charge is -2.29. The maximum atomic E-state index is 5.89. The molecule has 0 unspecified atom stereocenters. The zero-order valence-electron chi connectivity index (χ0n) is 9.34. The highest BCUT2D eigenvalue weighted by Crippen LogP contribution is 2.35. The molecule has 2 aliphatic rings. The molecule has 1 saturated heterocycles. The SMILES string of the molecule is Cc1cc(C)c2c(c1)[C@@H]1CNC[C@@H]1OC2. The molecule has 15 heavy (non-hydrogen) atoms. The summed E-state index contributed by atoms with van der Waals surface area (Å²) >= 11 is 0. The molecule has 1 N–H and O–H groups in total. The van der Waals surface area contributed by atoms with Crippen LogP contribution < -0.4 is 5.32 Å². The second kappa shape index (κ2) is 3.32. The minimum atomic E-state index is 0.402. The van der Waals surface area contributed by atoms with Gasteiger partial charge in [0.05, 0.1) is 12.7 Å². The van der Waals surface area contributed by atoms with E-state index in [0.717, 1.165) is 19.7 Å². The highest BCUT2D eigenvalue weighted by Gasteiger charge is 2.34. The molecule has 80 valence electrons. The van der Waals surface area contributed by atoms with Crippen LogP contribution in [0.15, 0.2) is 12.1 Å². The molecule has 0 radical (unpaired) electrons. The van der Waals surface area contributed by atoms with Gasteiger partial charge in [-0.1, -0.05) is 17.7 Å². The molecule has 3 rings (SSSR count). The van der Waals surface area contributed by atoms with E-state index in [1.54, 1.807) is 0 Å². The van der Waals surface area contributed by atoms with Gasteiger partial charge in [-0.25, -0.2) is 0 Å². The van der Waals surface area contributed by atoms with E-state index in [1.807, 2.05) is 0 Å². The van der Waals surface area contributed by atoms with Crippen molar-refractivity contribution in [3.05, 3.63) is 34.4 Å². The second-order valence-corrected chi connectivity index (χ2v) is 4.76. The van der Waals surface area contributed by atoms with E-state index in [0.29, 0.717) is 12.0 Å². The number of hydrogen-bond acceptors (Lipinski definition) is 2. The average molecular weight is 203 g/mol. The van der Waals surface area contributed by atoms with Crippen LogP contribution in [0.1, 0.15) is 28.2 Å². The fourth-order valence-electron chi connectivity index (χ4n) is 2.89. The van der Waals surface area contributed by atoms with Crippen LogP contribution in [0.25, 0.3) is 0 Å². The summed E-state index contributed by atoms with van der Waals surface area (Å²) < 4.78 is 5.89. The number of hydrogen-bond donors (Lipinski definition) is 1. The van der Waals surface area contributed by atoms with Crippen LogP contribution in [0.3, 0.4) is 0 Å². The minimum absolute atomic E-state index is 0.402. The van der Waals surface area contributed by atoms with Gasteiger partial charge >= 0.3 is 0 Å². The summed E-state index contributed by atoms with van der Waals surface area (Å²) in [6, 6.07) is 4.60. The van der Waals surface area contributed by atoms with Crippen LogP contribution in [0.5, 0.6) is 0 Å². The van der Waals surface area contributed by atoms with Crippen molar-refractivity contribution < 1.29 is 4.74 Å². The third-order valence-electron chi connectivity index (χ3n) is 3.65. The van der Waals surface area contributed by atoms with Crippen molar-refractivity contribution in [1.82, 2.24) is 5.32 Å². The third-order valence-corrected chi connectivity index (χ3v) is 3.65. The van der Waals surface area contributed by atoms with E-state index in [-0.39, 0.29) is 0 Å². The summed E-state index contributed by atoms with van der Waals surface area (Å²) in [5, 5.41) is 3.42. The lowest BCUT2D eigenvalue weighted by Crippen LogP contribution is -2.27. The number of nitrogens with one attached hydrogen (secondary N) is 1. The van der Waals surface area contributed by atoms with Gasteiger partial charge in [-0.3, -0.25) is 0 Å². The molecule has 2 heteroatoms. The molecule has 1 fully saturated rings. The summed E-state index contributed by atoms with van der Waals surface area (Å²) in [7, 11) is 0. The Morgan fingerprint density at radius 1 is 1.27 bits per heavy atom. The summed E-state index contributed by atoms with van der Waals surface area (Å²) in [5.74, 6) is 0.576. The lowest BCUT2D eigenvalue weighted by atomic mass is 9.86. The van der Waals surface area contributed by atoms with Crippen molar-refractivity contribution in [3.8, 4) is 0 Å². The first kappa shape index (κ1) is 9.37. The molecular weight excluding hydrogens is 186 g/mol. The number of rotatable bonds is 0. The van der Waals surface area contributed by atoms with E-state index in [2.05, 4.69) is 31.3 Å². The quantitative estimate of drug-likeness (QED) is 0.695. The van der Waals surface area contributed by atoms with E-state index in [9.17, 15) is 0 Å². The van der Waals surface area contributed by atoms with Gasteiger partial charge in [0.1, 0.15) is 0 Å². The average Bonchev–Trinajstić information content (AvgIpc) is 2.65. The largest absolute Gasteiger partial charge is 0.372 e. The Balaban J connectivity index is 2.12. The molecule has 2 heterocycles. The molecular formula is C13H17NO. The number of aryl methyl sites for hydroxylation is 2. The van der Waals surface area contributed by atoms with Crippen molar-refractivity contribution in [2.45, 2.75) is 32.5 Å². The fourth-order valence-corrected chi connectivity index (χ4v) is 2.89. The molecule has 1 aromatic rings. The number of ether oxygens (including phenoxy) is 1. The van der Waals surface area contributed by atoms with Crippen molar-refractivity contribution in [1.29, 1.82) is 0 Å². The van der Waals surface area contributed by atoms with E-state index >= 15 is 0 Å². The minimum Gasteiger partial charge on any atom is -0.372 e. The van der Waals surface area contributed by atoms with Gasteiger partial charge in [-0.2, -0.15) is 0 Å². The zero-order valence-corrected chi connectivity index (χ0v) is 9.34. The maximum Gasteiger partial charge on any atom is 0.0784 e.